The summed E-state index contributed by atoms with van der Waals surface area (Å²) in [7, 11) is -4.39. The van der Waals surface area contributed by atoms with E-state index in [0.717, 1.165) is 109 Å². The van der Waals surface area contributed by atoms with Gasteiger partial charge in [0.25, 0.3) is 0 Å². The summed E-state index contributed by atoms with van der Waals surface area (Å²) < 4.78 is 33.0. The van der Waals surface area contributed by atoms with Crippen LogP contribution in [0.15, 0.2) is 109 Å². The number of esters is 2. The first-order valence-corrected chi connectivity index (χ1v) is 29.9. The molecule has 0 aliphatic carbocycles. The Bertz CT molecular complexity index is 1530. The zero-order valence-electron chi connectivity index (χ0n) is 45.2. The normalized spacial score (nSPS) is 13.9. The Labute approximate surface area is 435 Å². The molecule has 0 aliphatic heterocycles. The van der Waals surface area contributed by atoms with Gasteiger partial charge in [-0.15, -0.1) is 0 Å². The van der Waals surface area contributed by atoms with Crippen LogP contribution in [0.4, 0.5) is 0 Å². The van der Waals surface area contributed by atoms with Gasteiger partial charge in [0.15, 0.2) is 6.10 Å². The van der Waals surface area contributed by atoms with Gasteiger partial charge in [0, 0.05) is 19.4 Å². The minimum Gasteiger partial charge on any atom is -0.462 e. The Morgan fingerprint density at radius 1 is 0.423 bits per heavy atom. The van der Waals surface area contributed by atoms with E-state index in [2.05, 4.69) is 123 Å². The zero-order chi connectivity index (χ0) is 51.7. The molecule has 0 saturated heterocycles. The van der Waals surface area contributed by atoms with Gasteiger partial charge in [0.05, 0.1) is 13.2 Å². The molecule has 2 unspecified atom stereocenters. The molecule has 0 bridgehead atoms. The first-order valence-electron chi connectivity index (χ1n) is 28.4. The van der Waals surface area contributed by atoms with Crippen LogP contribution in [-0.2, 0) is 32.7 Å². The highest BCUT2D eigenvalue weighted by molar-refractivity contribution is 7.47. The highest BCUT2D eigenvalue weighted by Gasteiger charge is 2.26. The van der Waals surface area contributed by atoms with Gasteiger partial charge in [-0.25, -0.2) is 4.57 Å². The van der Waals surface area contributed by atoms with Crippen LogP contribution in [0.2, 0.25) is 0 Å². The van der Waals surface area contributed by atoms with Crippen molar-refractivity contribution < 1.29 is 37.6 Å². The molecule has 9 nitrogen and oxygen atoms in total. The number of carbonyl (C=O) groups excluding carboxylic acids is 2. The molecule has 2 atom stereocenters. The van der Waals surface area contributed by atoms with E-state index in [4.69, 9.17) is 24.3 Å². The van der Waals surface area contributed by atoms with Gasteiger partial charge in [0.1, 0.15) is 6.61 Å². The Morgan fingerprint density at radius 2 is 0.732 bits per heavy atom. The largest absolute Gasteiger partial charge is 0.472 e. The summed E-state index contributed by atoms with van der Waals surface area (Å²) in [6.07, 6.45) is 75.7. The number of rotatable bonds is 52. The van der Waals surface area contributed by atoms with E-state index in [1.807, 2.05) is 0 Å². The number of ether oxygens (including phenoxy) is 2. The van der Waals surface area contributed by atoms with Crippen molar-refractivity contribution in [2.24, 2.45) is 5.73 Å². The van der Waals surface area contributed by atoms with Crippen molar-refractivity contribution in [3.63, 3.8) is 0 Å². The number of allylic oxidation sites excluding steroid dienone is 18. The van der Waals surface area contributed by atoms with Crippen molar-refractivity contribution in [2.45, 2.75) is 238 Å². The number of carbonyl (C=O) groups is 2. The Hall–Kier alpha value is -3.33. The molecule has 0 aromatic heterocycles. The van der Waals surface area contributed by atoms with E-state index >= 15 is 0 Å². The number of hydrogen-bond acceptors (Lipinski definition) is 8. The van der Waals surface area contributed by atoms with Gasteiger partial charge in [-0.1, -0.05) is 232 Å². The first kappa shape index (κ1) is 67.7. The van der Waals surface area contributed by atoms with Crippen molar-refractivity contribution in [3.05, 3.63) is 109 Å². The molecule has 0 radical (unpaired) electrons. The smallest absolute Gasteiger partial charge is 0.462 e. The Morgan fingerprint density at radius 3 is 1.08 bits per heavy atom. The highest BCUT2D eigenvalue weighted by Crippen LogP contribution is 2.43. The Balaban J connectivity index is 3.96. The van der Waals surface area contributed by atoms with Gasteiger partial charge in [-0.3, -0.25) is 18.6 Å². The standard InChI is InChI=1S/C61H104NO8P/c1-3-5-7-9-11-13-15-17-19-21-22-23-24-25-26-27-28-29-30-31-32-33-34-35-36-38-40-42-44-46-48-50-52-54-61(64)70-59(58-69-71(65,66)68-56-55-62)57-67-60(63)53-51-49-47-45-43-41-39-37-20-18-16-14-12-10-8-6-4-2/h5-8,11-14,17-20,22-23,25-26,28-29,59H,3-4,9-10,15-16,21,24,27,30-58,62H2,1-2H3,(H,65,66)/b7-5-,8-6-,13-11-,14-12-,19-17-,20-18-,23-22-,26-25-,29-28-. The molecule has 71 heavy (non-hydrogen) atoms. The summed E-state index contributed by atoms with van der Waals surface area (Å²) in [5.74, 6) is -0.842. The molecular weight excluding hydrogens is 906 g/mol. The predicted octanol–water partition coefficient (Wildman–Crippen LogP) is 17.8. The molecule has 0 spiro atoms. The topological polar surface area (TPSA) is 134 Å². The second-order valence-corrected chi connectivity index (χ2v) is 19.8. The fraction of sp³-hybridized carbons (Fsp3) is 0.672. The maximum Gasteiger partial charge on any atom is 0.472 e. The number of phosphoric ester groups is 1. The second kappa shape index (κ2) is 56.0. The van der Waals surface area contributed by atoms with Crippen LogP contribution in [0.1, 0.15) is 232 Å². The van der Waals surface area contributed by atoms with E-state index in [0.29, 0.717) is 6.42 Å². The van der Waals surface area contributed by atoms with Crippen molar-refractivity contribution in [1.29, 1.82) is 0 Å². The first-order chi connectivity index (χ1) is 34.8. The highest BCUT2D eigenvalue weighted by atomic mass is 31.2. The summed E-state index contributed by atoms with van der Waals surface area (Å²) in [6, 6.07) is 0. The summed E-state index contributed by atoms with van der Waals surface area (Å²) in [5, 5.41) is 0. The molecule has 10 heteroatoms. The van der Waals surface area contributed by atoms with E-state index in [1.54, 1.807) is 0 Å². The molecule has 0 amide bonds. The SMILES string of the molecule is CC/C=C\C/C=C\C/C=C\C/C=C\C/C=C\C/C=C\CCCCCCCCCCCCCCCCC(=O)OC(COC(=O)CCCCCCCCC/C=C\C/C=C\C/C=C\CC)COP(=O)(O)OCCN. The van der Waals surface area contributed by atoms with Crippen molar-refractivity contribution in [1.82, 2.24) is 0 Å². The lowest BCUT2D eigenvalue weighted by molar-refractivity contribution is -0.161. The fourth-order valence-corrected chi connectivity index (χ4v) is 8.30. The summed E-state index contributed by atoms with van der Waals surface area (Å²) >= 11 is 0. The van der Waals surface area contributed by atoms with Gasteiger partial charge in [-0.2, -0.15) is 0 Å². The maximum atomic E-state index is 12.7. The molecule has 406 valence electrons. The van der Waals surface area contributed by atoms with Crippen LogP contribution in [0, 0.1) is 0 Å². The number of phosphoric acid groups is 1. The predicted molar refractivity (Wildman–Crippen MR) is 302 cm³/mol. The molecule has 0 aliphatic rings. The molecule has 3 N–H and O–H groups in total. The number of unbranched alkanes of at least 4 members (excludes halogenated alkanes) is 21. The van der Waals surface area contributed by atoms with Gasteiger partial charge >= 0.3 is 19.8 Å². The van der Waals surface area contributed by atoms with Crippen LogP contribution in [0.3, 0.4) is 0 Å². The molecule has 0 heterocycles. The molecular formula is C61H104NO8P. The lowest BCUT2D eigenvalue weighted by atomic mass is 10.0. The molecule has 0 aromatic carbocycles. The minimum absolute atomic E-state index is 0.0474. The Kier molecular flexibility index (Phi) is 53.3. The average Bonchev–Trinajstić information content (AvgIpc) is 3.36. The second-order valence-electron chi connectivity index (χ2n) is 18.4. The average molecular weight is 1010 g/mol. The third-order valence-corrected chi connectivity index (χ3v) is 12.6. The van der Waals surface area contributed by atoms with Crippen molar-refractivity contribution in [2.75, 3.05) is 26.4 Å². The summed E-state index contributed by atoms with van der Waals surface area (Å²) in [5.41, 5.74) is 5.38. The van der Waals surface area contributed by atoms with Crippen molar-refractivity contribution >= 4 is 19.8 Å². The molecule has 0 fully saturated rings. The number of hydrogen-bond donors (Lipinski definition) is 2. The molecule has 0 saturated carbocycles. The fourth-order valence-electron chi connectivity index (χ4n) is 7.54. The van der Waals surface area contributed by atoms with Crippen LogP contribution in [0.5, 0.6) is 0 Å². The summed E-state index contributed by atoms with van der Waals surface area (Å²) in [6.45, 7) is 3.50. The third kappa shape index (κ3) is 55.8. The van der Waals surface area contributed by atoms with Crippen LogP contribution < -0.4 is 5.73 Å². The lowest BCUT2D eigenvalue weighted by Gasteiger charge is -2.19. The van der Waals surface area contributed by atoms with E-state index in [1.165, 1.54) is 89.9 Å². The van der Waals surface area contributed by atoms with Crippen LogP contribution in [-0.4, -0.2) is 49.3 Å². The minimum atomic E-state index is -4.39. The van der Waals surface area contributed by atoms with Gasteiger partial charge < -0.3 is 20.1 Å². The summed E-state index contributed by atoms with van der Waals surface area (Å²) in [4.78, 5) is 35.1. The van der Waals surface area contributed by atoms with E-state index in [9.17, 15) is 19.0 Å². The lowest BCUT2D eigenvalue weighted by Crippen LogP contribution is -2.29. The monoisotopic (exact) mass is 1010 g/mol. The third-order valence-electron chi connectivity index (χ3n) is 11.7. The quantitative estimate of drug-likeness (QED) is 0.0264. The van der Waals surface area contributed by atoms with Gasteiger partial charge in [-0.05, 0) is 96.3 Å². The number of nitrogens with two attached hydrogens (primary N) is 1. The van der Waals surface area contributed by atoms with Crippen LogP contribution in [0.25, 0.3) is 0 Å². The molecule has 0 rings (SSSR count). The van der Waals surface area contributed by atoms with E-state index < -0.39 is 32.5 Å². The van der Waals surface area contributed by atoms with Gasteiger partial charge in [0.2, 0.25) is 0 Å². The van der Waals surface area contributed by atoms with E-state index in [-0.39, 0.29) is 32.6 Å². The zero-order valence-corrected chi connectivity index (χ0v) is 46.1. The molecule has 0 aromatic rings. The van der Waals surface area contributed by atoms with Crippen LogP contribution >= 0.6 is 7.82 Å². The van der Waals surface area contributed by atoms with Crippen molar-refractivity contribution in [3.8, 4) is 0 Å². The maximum absolute atomic E-state index is 12.7.